The summed E-state index contributed by atoms with van der Waals surface area (Å²) < 4.78 is 0. The third kappa shape index (κ3) is 9.17. The molecule has 0 aromatic rings. The van der Waals surface area contributed by atoms with Gasteiger partial charge in [0.05, 0.1) is 6.42 Å². The number of carboxylic acid groups (broad SMARTS) is 1. The molecule has 0 radical (unpaired) electrons. The second kappa shape index (κ2) is 5.92. The van der Waals surface area contributed by atoms with E-state index < -0.39 is 5.97 Å². The zero-order chi connectivity index (χ0) is 8.69. The molecule has 0 saturated heterocycles. The predicted molar refractivity (Wildman–Crippen MR) is 44.6 cm³/mol. The molecule has 3 nitrogen and oxygen atoms in total. The molecule has 1 N–H and O–H groups in total. The van der Waals surface area contributed by atoms with Gasteiger partial charge in [-0.1, -0.05) is 12.2 Å². The maximum Gasteiger partial charge on any atom is 0.307 e. The molecule has 3 heteroatoms. The average Bonchev–Trinajstić information content (AvgIpc) is 1.85. The Hall–Kier alpha value is -0.830. The monoisotopic (exact) mass is 157 g/mol. The number of hydrogen-bond donors (Lipinski definition) is 1. The van der Waals surface area contributed by atoms with Gasteiger partial charge in [0.1, 0.15) is 0 Å². The summed E-state index contributed by atoms with van der Waals surface area (Å²) in [6.07, 6.45) is 4.63. The van der Waals surface area contributed by atoms with Gasteiger partial charge in [-0.2, -0.15) is 0 Å². The quantitative estimate of drug-likeness (QED) is 0.604. The van der Waals surface area contributed by atoms with E-state index in [4.69, 9.17) is 5.11 Å². The minimum Gasteiger partial charge on any atom is -0.481 e. The van der Waals surface area contributed by atoms with Crippen molar-refractivity contribution in [3.8, 4) is 0 Å². The summed E-state index contributed by atoms with van der Waals surface area (Å²) in [5.74, 6) is -0.772. The molecule has 0 unspecified atom stereocenters. The summed E-state index contributed by atoms with van der Waals surface area (Å²) in [6, 6.07) is 0. The van der Waals surface area contributed by atoms with Crippen LogP contribution in [-0.2, 0) is 4.79 Å². The molecule has 0 atom stereocenters. The minimum absolute atomic E-state index is 0.132. The molecular formula is C8H15NO2. The standard InChI is InChI=1S/C8H15NO2/c1-9(2)7-5-3-4-6-8(10)11/h3-4H,5-7H2,1-2H3,(H,10,11)/b4-3+. The first-order chi connectivity index (χ1) is 5.13. The Morgan fingerprint density at radius 1 is 1.45 bits per heavy atom. The molecule has 0 aromatic carbocycles. The fourth-order valence-corrected chi connectivity index (χ4v) is 0.635. The first-order valence-electron chi connectivity index (χ1n) is 3.64. The molecule has 0 amide bonds. The maximum absolute atomic E-state index is 10.0. The SMILES string of the molecule is CN(C)CC/C=C/CC(=O)O. The zero-order valence-corrected chi connectivity index (χ0v) is 7.08. The Morgan fingerprint density at radius 2 is 2.09 bits per heavy atom. The van der Waals surface area contributed by atoms with E-state index in [0.29, 0.717) is 0 Å². The van der Waals surface area contributed by atoms with E-state index in [9.17, 15) is 4.79 Å². The maximum atomic E-state index is 10.0. The van der Waals surface area contributed by atoms with Crippen molar-refractivity contribution in [2.24, 2.45) is 0 Å². The van der Waals surface area contributed by atoms with Crippen molar-refractivity contribution in [3.63, 3.8) is 0 Å². The van der Waals surface area contributed by atoms with Crippen LogP contribution < -0.4 is 0 Å². The number of nitrogens with zero attached hydrogens (tertiary/aromatic N) is 1. The van der Waals surface area contributed by atoms with E-state index in [-0.39, 0.29) is 6.42 Å². The van der Waals surface area contributed by atoms with Crippen LogP contribution in [-0.4, -0.2) is 36.6 Å². The van der Waals surface area contributed by atoms with Crippen LogP contribution in [0.1, 0.15) is 12.8 Å². The van der Waals surface area contributed by atoms with Crippen molar-refractivity contribution in [1.82, 2.24) is 4.90 Å². The van der Waals surface area contributed by atoms with E-state index in [2.05, 4.69) is 4.90 Å². The van der Waals surface area contributed by atoms with Crippen LogP contribution in [0.15, 0.2) is 12.2 Å². The molecule has 0 rings (SSSR count). The van der Waals surface area contributed by atoms with Gasteiger partial charge in [-0.3, -0.25) is 4.79 Å². The number of hydrogen-bond acceptors (Lipinski definition) is 2. The van der Waals surface area contributed by atoms with Crippen LogP contribution in [0.5, 0.6) is 0 Å². The summed E-state index contributed by atoms with van der Waals surface area (Å²) in [6.45, 7) is 0.968. The number of carbonyl (C=O) groups is 1. The first-order valence-corrected chi connectivity index (χ1v) is 3.64. The van der Waals surface area contributed by atoms with Gasteiger partial charge >= 0.3 is 5.97 Å². The van der Waals surface area contributed by atoms with Gasteiger partial charge in [-0.05, 0) is 20.5 Å². The molecule has 0 heterocycles. The van der Waals surface area contributed by atoms with Gasteiger partial charge in [-0.15, -0.1) is 0 Å². The fraction of sp³-hybridized carbons (Fsp3) is 0.625. The van der Waals surface area contributed by atoms with Crippen LogP contribution >= 0.6 is 0 Å². The molecule has 0 aliphatic rings. The van der Waals surface area contributed by atoms with E-state index >= 15 is 0 Å². The third-order valence-corrected chi connectivity index (χ3v) is 1.20. The molecule has 0 saturated carbocycles. The normalized spacial score (nSPS) is 11.2. The topological polar surface area (TPSA) is 40.5 Å². The van der Waals surface area contributed by atoms with Crippen molar-refractivity contribution in [2.75, 3.05) is 20.6 Å². The molecule has 0 fully saturated rings. The summed E-state index contributed by atoms with van der Waals surface area (Å²) in [5, 5.41) is 8.26. The highest BCUT2D eigenvalue weighted by molar-refractivity contribution is 5.68. The lowest BCUT2D eigenvalue weighted by Crippen LogP contribution is -2.11. The highest BCUT2D eigenvalue weighted by Gasteiger charge is 1.89. The lowest BCUT2D eigenvalue weighted by molar-refractivity contribution is -0.136. The molecule has 11 heavy (non-hydrogen) atoms. The summed E-state index contributed by atoms with van der Waals surface area (Å²) in [4.78, 5) is 12.1. The van der Waals surface area contributed by atoms with E-state index in [1.807, 2.05) is 20.2 Å². The highest BCUT2D eigenvalue weighted by atomic mass is 16.4. The van der Waals surface area contributed by atoms with Crippen LogP contribution in [0.2, 0.25) is 0 Å². The second-order valence-electron chi connectivity index (χ2n) is 2.66. The van der Waals surface area contributed by atoms with Gasteiger partial charge in [-0.25, -0.2) is 0 Å². The van der Waals surface area contributed by atoms with E-state index in [1.165, 1.54) is 0 Å². The highest BCUT2D eigenvalue weighted by Crippen LogP contribution is 1.88. The molecule has 0 aromatic heterocycles. The Bertz CT molecular complexity index is 141. The summed E-state index contributed by atoms with van der Waals surface area (Å²) in [7, 11) is 3.98. The van der Waals surface area contributed by atoms with Crippen molar-refractivity contribution in [2.45, 2.75) is 12.8 Å². The molecule has 0 aliphatic heterocycles. The number of rotatable bonds is 5. The van der Waals surface area contributed by atoms with Crippen LogP contribution in [0.3, 0.4) is 0 Å². The van der Waals surface area contributed by atoms with Gasteiger partial charge in [0.2, 0.25) is 0 Å². The Balaban J connectivity index is 3.23. The molecule has 0 spiro atoms. The first kappa shape index (κ1) is 10.2. The smallest absolute Gasteiger partial charge is 0.307 e. The average molecular weight is 157 g/mol. The van der Waals surface area contributed by atoms with E-state index in [0.717, 1.165) is 13.0 Å². The Morgan fingerprint density at radius 3 is 2.55 bits per heavy atom. The number of carboxylic acids is 1. The molecule has 0 aliphatic carbocycles. The van der Waals surface area contributed by atoms with Gasteiger partial charge < -0.3 is 10.0 Å². The predicted octanol–water partition coefficient (Wildman–Crippen LogP) is 0.969. The lowest BCUT2D eigenvalue weighted by Gasteiger charge is -2.05. The van der Waals surface area contributed by atoms with Crippen molar-refractivity contribution in [3.05, 3.63) is 12.2 Å². The number of aliphatic carboxylic acids is 1. The van der Waals surface area contributed by atoms with Crippen LogP contribution in [0, 0.1) is 0 Å². The fourth-order valence-electron chi connectivity index (χ4n) is 0.635. The zero-order valence-electron chi connectivity index (χ0n) is 7.08. The summed E-state index contributed by atoms with van der Waals surface area (Å²) in [5.41, 5.74) is 0. The van der Waals surface area contributed by atoms with Crippen LogP contribution in [0.4, 0.5) is 0 Å². The van der Waals surface area contributed by atoms with Gasteiger partial charge in [0.15, 0.2) is 0 Å². The molecule has 0 bridgehead atoms. The van der Waals surface area contributed by atoms with Crippen molar-refractivity contribution < 1.29 is 9.90 Å². The van der Waals surface area contributed by atoms with Crippen molar-refractivity contribution in [1.29, 1.82) is 0 Å². The van der Waals surface area contributed by atoms with Gasteiger partial charge in [0.25, 0.3) is 0 Å². The third-order valence-electron chi connectivity index (χ3n) is 1.20. The second-order valence-corrected chi connectivity index (χ2v) is 2.66. The largest absolute Gasteiger partial charge is 0.481 e. The summed E-state index contributed by atoms with van der Waals surface area (Å²) >= 11 is 0. The molecular weight excluding hydrogens is 142 g/mol. The minimum atomic E-state index is -0.772. The van der Waals surface area contributed by atoms with Gasteiger partial charge in [0, 0.05) is 6.54 Å². The Kier molecular flexibility index (Phi) is 5.47. The van der Waals surface area contributed by atoms with E-state index in [1.54, 1.807) is 6.08 Å². The molecule has 64 valence electrons. The Labute approximate surface area is 67.3 Å². The lowest BCUT2D eigenvalue weighted by atomic mass is 10.3. The van der Waals surface area contributed by atoms with Crippen LogP contribution in [0.25, 0.3) is 0 Å². The van der Waals surface area contributed by atoms with Crippen molar-refractivity contribution >= 4 is 5.97 Å².